The van der Waals surface area contributed by atoms with Gasteiger partial charge in [-0.05, 0) is 57.9 Å². The Balaban J connectivity index is 0.000000429. The van der Waals surface area contributed by atoms with Crippen LogP contribution >= 0.6 is 15.9 Å². The van der Waals surface area contributed by atoms with Crippen LogP contribution in [0.4, 0.5) is 30.2 Å². The summed E-state index contributed by atoms with van der Waals surface area (Å²) in [5.74, 6) is -2.81. The van der Waals surface area contributed by atoms with Gasteiger partial charge in [-0.1, -0.05) is 18.2 Å². The molecule has 0 saturated carbocycles. The molecule has 0 aliphatic rings. The van der Waals surface area contributed by atoms with E-state index in [1.54, 1.807) is 6.20 Å². The summed E-state index contributed by atoms with van der Waals surface area (Å²) in [7, 11) is 1.98. The highest BCUT2D eigenvalue weighted by Gasteiger charge is 2.38. The van der Waals surface area contributed by atoms with Gasteiger partial charge in [0.05, 0.1) is 24.0 Å². The van der Waals surface area contributed by atoms with Crippen molar-refractivity contribution in [2.75, 3.05) is 17.3 Å². The minimum atomic E-state index is -5.08. The number of carbonyl (C=O) groups excluding carboxylic acids is 1. The monoisotopic (exact) mass is 548 g/mol. The first-order chi connectivity index (χ1) is 16.6. The van der Waals surface area contributed by atoms with Gasteiger partial charge in [0.25, 0.3) is 0 Å². The van der Waals surface area contributed by atoms with Crippen LogP contribution in [0.15, 0.2) is 77.7 Å². The summed E-state index contributed by atoms with van der Waals surface area (Å²) in [6, 6.07) is 17.7. The van der Waals surface area contributed by atoms with E-state index in [9.17, 15) is 18.0 Å². The molecule has 4 rings (SSSR count). The van der Waals surface area contributed by atoms with Gasteiger partial charge in [0.1, 0.15) is 0 Å². The van der Waals surface area contributed by atoms with Crippen LogP contribution in [0.5, 0.6) is 0 Å². The van der Waals surface area contributed by atoms with Gasteiger partial charge in [-0.25, -0.2) is 4.79 Å². The van der Waals surface area contributed by atoms with Crippen LogP contribution in [0, 0.1) is 0 Å². The van der Waals surface area contributed by atoms with Gasteiger partial charge in [0.2, 0.25) is 5.91 Å². The Hall–Kier alpha value is -3.86. The maximum Gasteiger partial charge on any atom is 0.490 e. The van der Waals surface area contributed by atoms with Crippen molar-refractivity contribution >= 4 is 55.8 Å². The molecule has 0 radical (unpaired) electrons. The van der Waals surface area contributed by atoms with Gasteiger partial charge in [0, 0.05) is 40.5 Å². The average Bonchev–Trinajstić information content (AvgIpc) is 3.22. The Kier molecular flexibility index (Phi) is 8.13. The number of aromatic nitrogens is 2. The molecule has 2 heterocycles. The number of pyridine rings is 1. The number of nitrogens with zero attached hydrogens (tertiary/aromatic N) is 2. The van der Waals surface area contributed by atoms with Crippen LogP contribution in [0.2, 0.25) is 0 Å². The number of carbonyl (C=O) groups is 2. The predicted molar refractivity (Wildman–Crippen MR) is 131 cm³/mol. The number of H-pyrrole nitrogens is 1. The van der Waals surface area contributed by atoms with Crippen molar-refractivity contribution in [3.63, 3.8) is 0 Å². The van der Waals surface area contributed by atoms with Crippen molar-refractivity contribution in [1.82, 2.24) is 9.97 Å². The summed E-state index contributed by atoms with van der Waals surface area (Å²) in [5, 5.41) is 11.2. The Bertz CT molecular complexity index is 1330. The van der Waals surface area contributed by atoms with Crippen molar-refractivity contribution < 1.29 is 27.9 Å². The molecule has 0 aliphatic carbocycles. The second kappa shape index (κ2) is 11.0. The molecule has 0 bridgehead atoms. The van der Waals surface area contributed by atoms with Crippen molar-refractivity contribution in [2.24, 2.45) is 0 Å². The molecule has 7 nitrogen and oxygen atoms in total. The summed E-state index contributed by atoms with van der Waals surface area (Å²) in [4.78, 5) is 30.8. The lowest BCUT2D eigenvalue weighted by Gasteiger charge is -2.21. The highest BCUT2D eigenvalue weighted by atomic mass is 79.9. The third kappa shape index (κ3) is 6.82. The molecule has 0 atom stereocenters. The number of carboxylic acid groups (broad SMARTS) is 1. The van der Waals surface area contributed by atoms with Crippen LogP contribution in [0.25, 0.3) is 10.9 Å². The maximum absolute atomic E-state index is 12.5. The largest absolute Gasteiger partial charge is 0.490 e. The lowest BCUT2D eigenvalue weighted by atomic mass is 10.1. The summed E-state index contributed by atoms with van der Waals surface area (Å²) >= 11 is 3.61. The normalized spacial score (nSPS) is 10.9. The van der Waals surface area contributed by atoms with Crippen LogP contribution in [-0.4, -0.2) is 40.2 Å². The Morgan fingerprint density at radius 3 is 2.49 bits per heavy atom. The zero-order valence-corrected chi connectivity index (χ0v) is 19.9. The molecule has 2 aromatic carbocycles. The Morgan fingerprint density at radius 2 is 1.86 bits per heavy atom. The molecule has 1 amide bonds. The second-order valence-electron chi connectivity index (χ2n) is 7.32. The Morgan fingerprint density at radius 1 is 1.14 bits per heavy atom. The molecule has 0 aliphatic heterocycles. The standard InChI is InChI=1S/C22H19BrN4O.C2HF3O2/c1-27(17-5-4-10-24-14-17)21-9-8-16(12-19(21)23)26-22(28)11-15-13-25-20-7-3-2-6-18(15)20;3-2(4,5)1(6)7/h2-10,12-14,25H,11H2,1H3,(H,26,28);(H,6,7). The first kappa shape index (κ1) is 25.8. The van der Waals surface area contributed by atoms with Crippen molar-refractivity contribution in [3.8, 4) is 0 Å². The fourth-order valence-electron chi connectivity index (χ4n) is 3.20. The molecule has 0 spiro atoms. The number of halogens is 4. The predicted octanol–water partition coefficient (Wildman–Crippen LogP) is 5.91. The number of amides is 1. The summed E-state index contributed by atoms with van der Waals surface area (Å²) < 4.78 is 32.6. The van der Waals surface area contributed by atoms with E-state index in [0.717, 1.165) is 38.0 Å². The lowest BCUT2D eigenvalue weighted by molar-refractivity contribution is -0.192. The summed E-state index contributed by atoms with van der Waals surface area (Å²) in [6.07, 6.45) is 0.688. The van der Waals surface area contributed by atoms with Crippen molar-refractivity contribution in [2.45, 2.75) is 12.6 Å². The van der Waals surface area contributed by atoms with E-state index >= 15 is 0 Å². The van der Waals surface area contributed by atoms with E-state index in [1.807, 2.05) is 78.9 Å². The minimum absolute atomic E-state index is 0.0509. The number of anilines is 3. The van der Waals surface area contributed by atoms with Crippen LogP contribution in [0.1, 0.15) is 5.56 Å². The third-order valence-electron chi connectivity index (χ3n) is 4.89. The summed E-state index contributed by atoms with van der Waals surface area (Å²) in [6.45, 7) is 0. The van der Waals surface area contributed by atoms with E-state index in [2.05, 4.69) is 31.2 Å². The van der Waals surface area contributed by atoms with Crippen molar-refractivity contribution in [3.05, 3.63) is 83.2 Å². The fourth-order valence-corrected chi connectivity index (χ4v) is 3.85. The number of aromatic amines is 1. The van der Waals surface area contributed by atoms with E-state index in [0.29, 0.717) is 6.42 Å². The van der Waals surface area contributed by atoms with E-state index in [-0.39, 0.29) is 5.91 Å². The maximum atomic E-state index is 12.5. The van der Waals surface area contributed by atoms with Gasteiger partial charge in [-0.3, -0.25) is 9.78 Å². The number of nitrogens with one attached hydrogen (secondary N) is 2. The molecular formula is C24H20BrF3N4O3. The minimum Gasteiger partial charge on any atom is -0.475 e. The first-order valence-corrected chi connectivity index (χ1v) is 10.9. The van der Waals surface area contributed by atoms with Crippen LogP contribution in [0.3, 0.4) is 0 Å². The number of aliphatic carboxylic acids is 1. The fraction of sp³-hybridized carbons (Fsp3) is 0.125. The molecule has 0 fully saturated rings. The van der Waals surface area contributed by atoms with Gasteiger partial charge in [-0.15, -0.1) is 0 Å². The molecule has 2 aromatic heterocycles. The van der Waals surface area contributed by atoms with Crippen molar-refractivity contribution in [1.29, 1.82) is 0 Å². The number of para-hydroxylation sites is 1. The highest BCUT2D eigenvalue weighted by Crippen LogP contribution is 2.32. The number of alkyl halides is 3. The van der Waals surface area contributed by atoms with Gasteiger partial charge in [-0.2, -0.15) is 13.2 Å². The molecular weight excluding hydrogens is 529 g/mol. The molecule has 35 heavy (non-hydrogen) atoms. The first-order valence-electron chi connectivity index (χ1n) is 10.1. The highest BCUT2D eigenvalue weighted by molar-refractivity contribution is 9.10. The number of rotatable bonds is 5. The number of hydrogen-bond acceptors (Lipinski definition) is 4. The van der Waals surface area contributed by atoms with E-state index in [1.165, 1.54) is 0 Å². The van der Waals surface area contributed by atoms with E-state index < -0.39 is 12.1 Å². The second-order valence-corrected chi connectivity index (χ2v) is 8.18. The van der Waals surface area contributed by atoms with E-state index in [4.69, 9.17) is 9.90 Å². The third-order valence-corrected chi connectivity index (χ3v) is 5.53. The smallest absolute Gasteiger partial charge is 0.475 e. The number of benzene rings is 2. The Labute approximate surface area is 206 Å². The topological polar surface area (TPSA) is 98.3 Å². The molecule has 0 unspecified atom stereocenters. The lowest BCUT2D eigenvalue weighted by Crippen LogP contribution is -2.21. The molecule has 0 saturated heterocycles. The zero-order valence-electron chi connectivity index (χ0n) is 18.3. The molecule has 3 N–H and O–H groups in total. The SMILES string of the molecule is CN(c1cccnc1)c1ccc(NC(=O)Cc2c[nH]c3ccccc23)cc1Br.O=C(O)C(F)(F)F. The summed E-state index contributed by atoms with van der Waals surface area (Å²) in [5.41, 5.74) is 4.75. The van der Waals surface area contributed by atoms with Gasteiger partial charge < -0.3 is 20.3 Å². The molecule has 182 valence electrons. The van der Waals surface area contributed by atoms with Gasteiger partial charge in [0.15, 0.2) is 0 Å². The van der Waals surface area contributed by atoms with Crippen LogP contribution < -0.4 is 10.2 Å². The average molecular weight is 549 g/mol. The zero-order chi connectivity index (χ0) is 25.6. The number of hydrogen-bond donors (Lipinski definition) is 3. The molecule has 11 heteroatoms. The van der Waals surface area contributed by atoms with Gasteiger partial charge >= 0.3 is 12.1 Å². The number of carboxylic acids is 1. The number of fused-ring (bicyclic) bond motifs is 1. The van der Waals surface area contributed by atoms with Crippen LogP contribution in [-0.2, 0) is 16.0 Å². The quantitative estimate of drug-likeness (QED) is 0.288. The molecule has 4 aromatic rings.